The lowest BCUT2D eigenvalue weighted by atomic mass is 10.1. The predicted molar refractivity (Wildman–Crippen MR) is 213 cm³/mol. The van der Waals surface area contributed by atoms with Crippen LogP contribution in [0.3, 0.4) is 0 Å². The Morgan fingerprint density at radius 1 is 0.577 bits per heavy atom. The van der Waals surface area contributed by atoms with Crippen molar-refractivity contribution >= 4 is 19.8 Å². The van der Waals surface area contributed by atoms with Crippen LogP contribution in [0.1, 0.15) is 155 Å². The molecule has 9 nitrogen and oxygen atoms in total. The van der Waals surface area contributed by atoms with E-state index in [0.717, 1.165) is 77.0 Å². The molecule has 0 aromatic rings. The molecule has 1 unspecified atom stereocenters. The van der Waals surface area contributed by atoms with Crippen LogP contribution < -0.4 is 0 Å². The summed E-state index contributed by atoms with van der Waals surface area (Å²) in [5, 5.41) is 9.70. The summed E-state index contributed by atoms with van der Waals surface area (Å²) < 4.78 is 26.3. The van der Waals surface area contributed by atoms with Gasteiger partial charge in [0.15, 0.2) is 6.10 Å². The second-order valence-electron chi connectivity index (χ2n) is 13.1. The number of carbonyl (C=O) groups excluding carboxylic acids is 2. The minimum atomic E-state index is -4.78. The van der Waals surface area contributed by atoms with Gasteiger partial charge in [0.25, 0.3) is 0 Å². The van der Waals surface area contributed by atoms with Crippen LogP contribution in [0, 0.1) is 0 Å². The summed E-state index contributed by atoms with van der Waals surface area (Å²) in [4.78, 5) is 42.7. The Morgan fingerprint density at radius 2 is 1.06 bits per heavy atom. The molecule has 0 aliphatic carbocycles. The topological polar surface area (TPSA) is 140 Å². The Hall–Kier alpha value is -2.55. The van der Waals surface area contributed by atoms with Crippen molar-refractivity contribution in [3.63, 3.8) is 0 Å². The highest BCUT2D eigenvalue weighted by atomic mass is 31.2. The number of aliphatic hydroxyl groups excluding tert-OH is 1. The van der Waals surface area contributed by atoms with E-state index >= 15 is 0 Å². The van der Waals surface area contributed by atoms with E-state index in [1.54, 1.807) is 0 Å². The van der Waals surface area contributed by atoms with Crippen LogP contribution in [0.4, 0.5) is 0 Å². The lowest BCUT2D eigenvalue weighted by Gasteiger charge is -2.18. The molecule has 0 aliphatic heterocycles. The van der Waals surface area contributed by atoms with Crippen molar-refractivity contribution in [3.05, 3.63) is 72.9 Å². The highest BCUT2D eigenvalue weighted by Gasteiger charge is 2.22. The number of esters is 2. The Morgan fingerprint density at radius 3 is 1.62 bits per heavy atom. The van der Waals surface area contributed by atoms with Gasteiger partial charge in [0.2, 0.25) is 0 Å². The van der Waals surface area contributed by atoms with Gasteiger partial charge in [0, 0.05) is 12.8 Å². The third-order valence-corrected chi connectivity index (χ3v) is 8.49. The summed E-state index contributed by atoms with van der Waals surface area (Å²) in [7, 11) is -4.78. The van der Waals surface area contributed by atoms with Crippen LogP contribution in [0.2, 0.25) is 0 Å². The van der Waals surface area contributed by atoms with Gasteiger partial charge < -0.3 is 24.4 Å². The van der Waals surface area contributed by atoms with E-state index in [2.05, 4.69) is 73.1 Å². The minimum Gasteiger partial charge on any atom is -0.462 e. The van der Waals surface area contributed by atoms with Crippen molar-refractivity contribution in [2.45, 2.75) is 167 Å². The van der Waals surface area contributed by atoms with Crippen LogP contribution in [-0.2, 0) is 28.2 Å². The zero-order valence-corrected chi connectivity index (χ0v) is 33.2. The number of aliphatic hydroxyl groups is 1. The third-order valence-electron chi connectivity index (χ3n) is 8.00. The standard InChI is InChI=1S/C42H71O9P/c1-3-5-6-7-8-9-10-11-12-13-16-20-23-26-29-32-36-42(45)51-40(38-50-52(46,47)48)37-49-41(44)35-31-28-25-22-19-17-14-15-18-21-24-27-30-34-39(43)33-4-2/h8-9,11-12,14,17-18,21-22,25,27,30,39-40,43H,3-7,10,13,15-16,19-20,23-24,26,28-29,31-38H2,1-2H3,(H2,46,47,48)/b9-8-,12-11-,17-14-,21-18-,25-22-,30-27-/t39?,40-/m1/s1. The lowest BCUT2D eigenvalue weighted by Crippen LogP contribution is -2.29. The molecule has 10 heteroatoms. The van der Waals surface area contributed by atoms with Crippen molar-refractivity contribution in [3.8, 4) is 0 Å². The molecular formula is C42H71O9P. The monoisotopic (exact) mass is 750 g/mol. The van der Waals surface area contributed by atoms with Gasteiger partial charge >= 0.3 is 19.8 Å². The fraction of sp³-hybridized carbons (Fsp3) is 0.667. The van der Waals surface area contributed by atoms with Gasteiger partial charge in [-0.15, -0.1) is 0 Å². The molecule has 2 atom stereocenters. The van der Waals surface area contributed by atoms with Crippen LogP contribution in [0.15, 0.2) is 72.9 Å². The molecule has 0 radical (unpaired) electrons. The number of hydrogen-bond acceptors (Lipinski definition) is 7. The molecule has 0 bridgehead atoms. The number of ether oxygens (including phenoxy) is 2. The maximum atomic E-state index is 12.4. The van der Waals surface area contributed by atoms with Crippen molar-refractivity contribution in [2.75, 3.05) is 13.2 Å². The first kappa shape index (κ1) is 49.5. The third kappa shape index (κ3) is 38.7. The summed E-state index contributed by atoms with van der Waals surface area (Å²) >= 11 is 0. The maximum absolute atomic E-state index is 12.4. The highest BCUT2D eigenvalue weighted by molar-refractivity contribution is 7.46. The lowest BCUT2D eigenvalue weighted by molar-refractivity contribution is -0.161. The number of phosphoric acid groups is 1. The van der Waals surface area contributed by atoms with E-state index in [9.17, 15) is 19.3 Å². The Balaban J connectivity index is 4.10. The van der Waals surface area contributed by atoms with Crippen LogP contribution in [0.5, 0.6) is 0 Å². The Labute approximate surface area is 315 Å². The number of hydrogen-bond donors (Lipinski definition) is 3. The van der Waals surface area contributed by atoms with Gasteiger partial charge in [0.1, 0.15) is 6.61 Å². The number of carbonyl (C=O) groups is 2. The quantitative estimate of drug-likeness (QED) is 0.0250. The number of allylic oxidation sites excluding steroid dienone is 11. The molecule has 0 saturated carbocycles. The molecule has 0 fully saturated rings. The number of phosphoric ester groups is 1. The van der Waals surface area contributed by atoms with Gasteiger partial charge in [-0.3, -0.25) is 14.1 Å². The van der Waals surface area contributed by atoms with E-state index in [4.69, 9.17) is 19.3 Å². The Bertz CT molecular complexity index is 1090. The fourth-order valence-electron chi connectivity index (χ4n) is 5.06. The molecule has 0 aromatic heterocycles. The summed E-state index contributed by atoms with van der Waals surface area (Å²) in [6.07, 6.45) is 44.0. The number of unbranched alkanes of at least 4 members (excludes halogenated alkanes) is 10. The van der Waals surface area contributed by atoms with Crippen molar-refractivity contribution in [2.24, 2.45) is 0 Å². The molecule has 0 aromatic carbocycles. The van der Waals surface area contributed by atoms with Gasteiger partial charge in [-0.25, -0.2) is 4.57 Å². The van der Waals surface area contributed by atoms with Crippen molar-refractivity contribution < 1.29 is 43.0 Å². The number of rotatable bonds is 35. The highest BCUT2D eigenvalue weighted by Crippen LogP contribution is 2.36. The second-order valence-corrected chi connectivity index (χ2v) is 14.3. The normalized spacial score (nSPS) is 13.9. The molecule has 0 amide bonds. The van der Waals surface area contributed by atoms with Crippen LogP contribution >= 0.6 is 7.82 Å². The van der Waals surface area contributed by atoms with E-state index < -0.39 is 32.5 Å². The summed E-state index contributed by atoms with van der Waals surface area (Å²) in [6, 6.07) is 0. The summed E-state index contributed by atoms with van der Waals surface area (Å²) in [5.74, 6) is -0.989. The minimum absolute atomic E-state index is 0.170. The van der Waals surface area contributed by atoms with Gasteiger partial charge in [-0.05, 0) is 83.5 Å². The van der Waals surface area contributed by atoms with Gasteiger partial charge in [0.05, 0.1) is 12.7 Å². The summed E-state index contributed by atoms with van der Waals surface area (Å²) in [6.45, 7) is 3.39. The first-order valence-corrected chi connectivity index (χ1v) is 21.3. The smallest absolute Gasteiger partial charge is 0.462 e. The molecule has 52 heavy (non-hydrogen) atoms. The molecule has 0 rings (SSSR count). The van der Waals surface area contributed by atoms with Crippen LogP contribution in [-0.4, -0.2) is 52.3 Å². The SMILES string of the molecule is CCCCC/C=C\C/C=C\CCCCCCCCC(=O)O[C@H](COC(=O)CCC/C=C\C/C=C\C/C=C\C/C=C\CC(O)CCC)COP(=O)(O)O. The first-order chi connectivity index (χ1) is 25.2. The van der Waals surface area contributed by atoms with E-state index in [1.165, 1.54) is 25.7 Å². The fourth-order valence-corrected chi connectivity index (χ4v) is 5.42. The molecule has 0 spiro atoms. The van der Waals surface area contributed by atoms with Crippen molar-refractivity contribution in [1.29, 1.82) is 0 Å². The second kappa shape index (κ2) is 36.8. The average molecular weight is 751 g/mol. The molecule has 298 valence electrons. The van der Waals surface area contributed by atoms with E-state index in [-0.39, 0.29) is 25.6 Å². The molecule has 0 saturated heterocycles. The average Bonchev–Trinajstić information content (AvgIpc) is 3.10. The predicted octanol–water partition coefficient (Wildman–Crippen LogP) is 10.9. The van der Waals surface area contributed by atoms with E-state index in [1.807, 2.05) is 18.2 Å². The van der Waals surface area contributed by atoms with Crippen LogP contribution in [0.25, 0.3) is 0 Å². The molecule has 3 N–H and O–H groups in total. The first-order valence-electron chi connectivity index (χ1n) is 19.8. The van der Waals surface area contributed by atoms with Gasteiger partial charge in [-0.1, -0.05) is 132 Å². The van der Waals surface area contributed by atoms with E-state index in [0.29, 0.717) is 25.7 Å². The van der Waals surface area contributed by atoms with Gasteiger partial charge in [-0.2, -0.15) is 0 Å². The molecule has 0 heterocycles. The molecular weight excluding hydrogens is 679 g/mol. The molecule has 0 aliphatic rings. The Kier molecular flexibility index (Phi) is 35.0. The summed E-state index contributed by atoms with van der Waals surface area (Å²) in [5.41, 5.74) is 0. The largest absolute Gasteiger partial charge is 0.469 e. The van der Waals surface area contributed by atoms with Crippen molar-refractivity contribution in [1.82, 2.24) is 0 Å². The zero-order valence-electron chi connectivity index (χ0n) is 32.3. The maximum Gasteiger partial charge on any atom is 0.469 e. The zero-order chi connectivity index (χ0) is 38.4.